The quantitative estimate of drug-likeness (QED) is 0.692. The third-order valence-electron chi connectivity index (χ3n) is 3.99. The number of aryl methyl sites for hydroxylation is 1. The second kappa shape index (κ2) is 4.16. The van der Waals surface area contributed by atoms with Gasteiger partial charge in [0.1, 0.15) is 11.8 Å². The number of nitrogens with zero attached hydrogens (tertiary/aromatic N) is 2. The van der Waals surface area contributed by atoms with Crippen molar-refractivity contribution in [2.75, 3.05) is 11.9 Å². The second-order valence-electron chi connectivity index (χ2n) is 5.11. The number of rotatable bonds is 0. The molecule has 2 N–H and O–H groups in total. The molecule has 1 saturated heterocycles. The standard InChI is InChI=1S/C14H15N3O2/c1-8-4-5-9-12(13(8)18)16-10(7-15)11-3-2-6-17(11)14(9)19/h4-5,10-11,16,18H,2-3,6H2,1H3/t10-,11-/m0/s1. The predicted octanol–water partition coefficient (Wildman–Crippen LogP) is 1.62. The normalized spacial score (nSPS) is 25.1. The predicted molar refractivity (Wildman–Crippen MR) is 69.9 cm³/mol. The number of nitrogens with one attached hydrogen (secondary N) is 1. The number of hydrogen-bond acceptors (Lipinski definition) is 4. The number of carbonyl (C=O) groups excluding carboxylic acids is 1. The molecule has 0 spiro atoms. The number of fused-ring (bicyclic) bond motifs is 2. The maximum atomic E-state index is 12.5. The molecular weight excluding hydrogens is 242 g/mol. The minimum atomic E-state index is -0.472. The molecule has 19 heavy (non-hydrogen) atoms. The summed E-state index contributed by atoms with van der Waals surface area (Å²) in [6.45, 7) is 2.45. The molecule has 0 aliphatic carbocycles. The van der Waals surface area contributed by atoms with Crippen molar-refractivity contribution in [3.05, 3.63) is 23.3 Å². The van der Waals surface area contributed by atoms with Crippen molar-refractivity contribution in [1.29, 1.82) is 5.26 Å². The van der Waals surface area contributed by atoms with Crippen LogP contribution in [0.4, 0.5) is 5.69 Å². The number of phenolic OH excluding ortho intramolecular Hbond substituents is 1. The van der Waals surface area contributed by atoms with Gasteiger partial charge in [0.25, 0.3) is 5.91 Å². The van der Waals surface area contributed by atoms with E-state index in [4.69, 9.17) is 0 Å². The molecule has 1 aromatic carbocycles. The summed E-state index contributed by atoms with van der Waals surface area (Å²) in [5, 5.41) is 22.5. The Morgan fingerprint density at radius 3 is 3.05 bits per heavy atom. The zero-order valence-electron chi connectivity index (χ0n) is 10.7. The molecule has 0 unspecified atom stereocenters. The van der Waals surface area contributed by atoms with Gasteiger partial charge in [0, 0.05) is 6.54 Å². The molecule has 3 rings (SSSR count). The maximum Gasteiger partial charge on any atom is 0.256 e. The van der Waals surface area contributed by atoms with Crippen molar-refractivity contribution < 1.29 is 9.90 Å². The van der Waals surface area contributed by atoms with Crippen molar-refractivity contribution in [1.82, 2.24) is 4.90 Å². The summed E-state index contributed by atoms with van der Waals surface area (Å²) in [6.07, 6.45) is 1.74. The largest absolute Gasteiger partial charge is 0.505 e. The summed E-state index contributed by atoms with van der Waals surface area (Å²) < 4.78 is 0. The van der Waals surface area contributed by atoms with Gasteiger partial charge in [0.2, 0.25) is 0 Å². The number of amides is 1. The van der Waals surface area contributed by atoms with Crippen molar-refractivity contribution in [3.63, 3.8) is 0 Å². The first kappa shape index (κ1) is 11.8. The molecule has 1 fully saturated rings. The zero-order valence-corrected chi connectivity index (χ0v) is 10.7. The van der Waals surface area contributed by atoms with Crippen LogP contribution in [0.15, 0.2) is 12.1 Å². The molecule has 5 heteroatoms. The summed E-state index contributed by atoms with van der Waals surface area (Å²) >= 11 is 0. The van der Waals surface area contributed by atoms with Crippen LogP contribution >= 0.6 is 0 Å². The fourth-order valence-corrected chi connectivity index (χ4v) is 2.94. The summed E-state index contributed by atoms with van der Waals surface area (Å²) in [7, 11) is 0. The smallest absolute Gasteiger partial charge is 0.256 e. The van der Waals surface area contributed by atoms with E-state index in [2.05, 4.69) is 11.4 Å². The summed E-state index contributed by atoms with van der Waals surface area (Å²) in [5.41, 5.74) is 1.54. The minimum Gasteiger partial charge on any atom is -0.505 e. The van der Waals surface area contributed by atoms with Gasteiger partial charge in [-0.25, -0.2) is 0 Å². The van der Waals surface area contributed by atoms with Gasteiger partial charge in [-0.2, -0.15) is 5.26 Å². The van der Waals surface area contributed by atoms with Crippen LogP contribution in [-0.2, 0) is 0 Å². The second-order valence-corrected chi connectivity index (χ2v) is 5.11. The topological polar surface area (TPSA) is 76.4 Å². The maximum absolute atomic E-state index is 12.5. The Labute approximate surface area is 111 Å². The van der Waals surface area contributed by atoms with Crippen LogP contribution in [0.25, 0.3) is 0 Å². The van der Waals surface area contributed by atoms with Crippen LogP contribution < -0.4 is 5.32 Å². The molecule has 2 aliphatic heterocycles. The third kappa shape index (κ3) is 1.64. The highest BCUT2D eigenvalue weighted by atomic mass is 16.3. The Kier molecular flexibility index (Phi) is 2.59. The molecule has 0 aromatic heterocycles. The Hall–Kier alpha value is -2.22. The number of carbonyl (C=O) groups is 1. The number of anilines is 1. The molecule has 1 amide bonds. The summed E-state index contributed by atoms with van der Waals surface area (Å²) in [5.74, 6) is -0.0367. The number of aromatic hydroxyl groups is 1. The van der Waals surface area contributed by atoms with Crippen molar-refractivity contribution in [2.45, 2.75) is 31.8 Å². The third-order valence-corrected chi connectivity index (χ3v) is 3.99. The first-order valence-electron chi connectivity index (χ1n) is 6.43. The van der Waals surface area contributed by atoms with E-state index in [9.17, 15) is 15.2 Å². The van der Waals surface area contributed by atoms with Crippen molar-refractivity contribution in [2.24, 2.45) is 0 Å². The van der Waals surface area contributed by atoms with Gasteiger partial charge >= 0.3 is 0 Å². The van der Waals surface area contributed by atoms with Gasteiger partial charge in [-0.1, -0.05) is 6.07 Å². The Morgan fingerprint density at radius 1 is 1.53 bits per heavy atom. The lowest BCUT2D eigenvalue weighted by Crippen LogP contribution is -2.42. The lowest BCUT2D eigenvalue weighted by molar-refractivity contribution is 0.0740. The van der Waals surface area contributed by atoms with Crippen molar-refractivity contribution in [3.8, 4) is 11.8 Å². The van der Waals surface area contributed by atoms with Crippen LogP contribution in [0.3, 0.4) is 0 Å². The van der Waals surface area contributed by atoms with Gasteiger partial charge in [-0.15, -0.1) is 0 Å². The molecule has 1 aromatic rings. The monoisotopic (exact) mass is 257 g/mol. The van der Waals surface area contributed by atoms with E-state index in [1.807, 2.05) is 0 Å². The molecule has 2 heterocycles. The van der Waals surface area contributed by atoms with E-state index in [0.29, 0.717) is 23.4 Å². The molecule has 2 aliphatic rings. The summed E-state index contributed by atoms with van der Waals surface area (Å²) in [6, 6.07) is 5.07. The minimum absolute atomic E-state index is 0.0623. The Bertz CT molecular complexity index is 591. The van der Waals surface area contributed by atoms with Crippen LogP contribution in [0.1, 0.15) is 28.8 Å². The highest BCUT2D eigenvalue weighted by Gasteiger charge is 2.40. The fourth-order valence-electron chi connectivity index (χ4n) is 2.94. The summed E-state index contributed by atoms with van der Waals surface area (Å²) in [4.78, 5) is 14.3. The lowest BCUT2D eigenvalue weighted by Gasteiger charge is -2.24. The van der Waals surface area contributed by atoms with Gasteiger partial charge in [0.15, 0.2) is 0 Å². The van der Waals surface area contributed by atoms with Crippen LogP contribution in [0.5, 0.6) is 5.75 Å². The first-order valence-corrected chi connectivity index (χ1v) is 6.43. The zero-order chi connectivity index (χ0) is 13.6. The SMILES string of the molecule is Cc1ccc2c(c1O)N[C@@H](C#N)[C@@H]1CCCN1C2=O. The Morgan fingerprint density at radius 2 is 2.32 bits per heavy atom. The van der Waals surface area contributed by atoms with E-state index in [0.717, 1.165) is 12.8 Å². The van der Waals surface area contributed by atoms with E-state index in [1.165, 1.54) is 0 Å². The molecule has 2 atom stereocenters. The van der Waals surface area contributed by atoms with E-state index in [1.54, 1.807) is 24.0 Å². The van der Waals surface area contributed by atoms with Crippen LogP contribution in [-0.4, -0.2) is 34.5 Å². The molecule has 98 valence electrons. The van der Waals surface area contributed by atoms with Crippen LogP contribution in [0, 0.1) is 18.3 Å². The molecule has 0 bridgehead atoms. The van der Waals surface area contributed by atoms with Gasteiger partial charge in [0.05, 0.1) is 23.4 Å². The van der Waals surface area contributed by atoms with Crippen LogP contribution in [0.2, 0.25) is 0 Å². The van der Waals surface area contributed by atoms with E-state index in [-0.39, 0.29) is 17.7 Å². The highest BCUT2D eigenvalue weighted by molar-refractivity contribution is 6.02. The lowest BCUT2D eigenvalue weighted by atomic mass is 10.1. The van der Waals surface area contributed by atoms with E-state index >= 15 is 0 Å². The van der Waals surface area contributed by atoms with Gasteiger partial charge < -0.3 is 15.3 Å². The molecular formula is C14H15N3O2. The first-order chi connectivity index (χ1) is 9.13. The average Bonchev–Trinajstić information content (AvgIpc) is 2.85. The van der Waals surface area contributed by atoms with Gasteiger partial charge in [-0.05, 0) is 31.4 Å². The number of hydrogen-bond donors (Lipinski definition) is 2. The number of phenols is 1. The average molecular weight is 257 g/mol. The highest BCUT2D eigenvalue weighted by Crippen LogP contribution is 2.37. The van der Waals surface area contributed by atoms with Crippen molar-refractivity contribution >= 4 is 11.6 Å². The van der Waals surface area contributed by atoms with Gasteiger partial charge in [-0.3, -0.25) is 4.79 Å². The fraction of sp³-hybridized carbons (Fsp3) is 0.429. The molecule has 5 nitrogen and oxygen atoms in total. The Balaban J connectivity index is 2.16. The van der Waals surface area contributed by atoms with E-state index < -0.39 is 6.04 Å². The molecule has 0 saturated carbocycles. The molecule has 0 radical (unpaired) electrons. The number of nitriles is 1. The number of benzene rings is 1.